The van der Waals surface area contributed by atoms with Crippen LogP contribution in [0.3, 0.4) is 0 Å². The van der Waals surface area contributed by atoms with E-state index in [9.17, 15) is 4.79 Å². The highest BCUT2D eigenvalue weighted by molar-refractivity contribution is 5.70. The number of ether oxygens (including phenoxy) is 3. The van der Waals surface area contributed by atoms with Crippen molar-refractivity contribution < 1.29 is 19.0 Å². The third-order valence-corrected chi connectivity index (χ3v) is 3.39. The van der Waals surface area contributed by atoms with Crippen LogP contribution in [0.15, 0.2) is 18.2 Å². The Morgan fingerprint density at radius 1 is 1.21 bits per heavy atom. The van der Waals surface area contributed by atoms with E-state index in [0.717, 1.165) is 29.9 Å². The molecule has 0 radical (unpaired) electrons. The van der Waals surface area contributed by atoms with E-state index in [1.54, 1.807) is 14.2 Å². The molecule has 1 aliphatic rings. The fraction of sp³-hybridized carbons (Fsp3) is 0.533. The van der Waals surface area contributed by atoms with Gasteiger partial charge in [-0.2, -0.15) is 0 Å². The Bertz CT molecular complexity index is 433. The van der Waals surface area contributed by atoms with E-state index in [1.165, 1.54) is 0 Å². The predicted octanol–water partition coefficient (Wildman–Crippen LogP) is 2.59. The SMILES string of the molecule is COc1cc(C[C@H]2CC(=O)O[C@H](C)C2)cc(OC)c1. The van der Waals surface area contributed by atoms with Gasteiger partial charge in [-0.05, 0) is 43.4 Å². The molecule has 19 heavy (non-hydrogen) atoms. The first-order chi connectivity index (χ1) is 9.10. The van der Waals surface area contributed by atoms with Crippen LogP contribution in [0.4, 0.5) is 0 Å². The second-order valence-electron chi connectivity index (χ2n) is 5.03. The van der Waals surface area contributed by atoms with Crippen LogP contribution in [0.25, 0.3) is 0 Å². The number of carbonyl (C=O) groups excluding carboxylic acids is 1. The highest BCUT2D eigenvalue weighted by atomic mass is 16.5. The van der Waals surface area contributed by atoms with E-state index >= 15 is 0 Å². The van der Waals surface area contributed by atoms with Gasteiger partial charge in [0, 0.05) is 12.5 Å². The zero-order valence-corrected chi connectivity index (χ0v) is 11.6. The first-order valence-electron chi connectivity index (χ1n) is 6.52. The van der Waals surface area contributed by atoms with Crippen molar-refractivity contribution in [2.75, 3.05) is 14.2 Å². The summed E-state index contributed by atoms with van der Waals surface area (Å²) in [5.74, 6) is 1.79. The fourth-order valence-electron chi connectivity index (χ4n) is 2.58. The lowest BCUT2D eigenvalue weighted by Crippen LogP contribution is -2.28. The Balaban J connectivity index is 2.11. The minimum atomic E-state index is -0.0985. The van der Waals surface area contributed by atoms with Crippen molar-refractivity contribution in [3.63, 3.8) is 0 Å². The molecule has 0 saturated carbocycles. The van der Waals surface area contributed by atoms with E-state index < -0.39 is 0 Å². The second-order valence-corrected chi connectivity index (χ2v) is 5.03. The Labute approximate surface area is 113 Å². The van der Waals surface area contributed by atoms with Gasteiger partial charge in [0.15, 0.2) is 0 Å². The van der Waals surface area contributed by atoms with Gasteiger partial charge in [-0.15, -0.1) is 0 Å². The smallest absolute Gasteiger partial charge is 0.306 e. The molecule has 1 saturated heterocycles. The molecule has 0 aromatic heterocycles. The molecule has 1 aromatic carbocycles. The van der Waals surface area contributed by atoms with E-state index in [-0.39, 0.29) is 12.1 Å². The summed E-state index contributed by atoms with van der Waals surface area (Å²) in [4.78, 5) is 11.4. The third kappa shape index (κ3) is 3.63. The van der Waals surface area contributed by atoms with Crippen molar-refractivity contribution in [2.24, 2.45) is 5.92 Å². The van der Waals surface area contributed by atoms with Crippen molar-refractivity contribution in [3.8, 4) is 11.5 Å². The molecule has 4 nitrogen and oxygen atoms in total. The summed E-state index contributed by atoms with van der Waals surface area (Å²) in [5, 5.41) is 0. The molecule has 0 amide bonds. The van der Waals surface area contributed by atoms with Crippen LogP contribution in [-0.4, -0.2) is 26.3 Å². The summed E-state index contributed by atoms with van der Waals surface area (Å²) < 4.78 is 15.7. The Hall–Kier alpha value is -1.71. The molecule has 4 heteroatoms. The molecular weight excluding hydrogens is 244 g/mol. The van der Waals surface area contributed by atoms with Crippen LogP contribution in [0.1, 0.15) is 25.3 Å². The van der Waals surface area contributed by atoms with Gasteiger partial charge in [0.1, 0.15) is 11.5 Å². The lowest BCUT2D eigenvalue weighted by molar-refractivity contribution is -0.155. The van der Waals surface area contributed by atoms with Gasteiger partial charge in [0.05, 0.1) is 20.3 Å². The zero-order valence-electron chi connectivity index (χ0n) is 11.6. The predicted molar refractivity (Wildman–Crippen MR) is 71.5 cm³/mol. The maximum atomic E-state index is 11.4. The maximum Gasteiger partial charge on any atom is 0.306 e. The van der Waals surface area contributed by atoms with Crippen molar-refractivity contribution in [1.82, 2.24) is 0 Å². The monoisotopic (exact) mass is 264 g/mol. The van der Waals surface area contributed by atoms with E-state index in [0.29, 0.717) is 12.3 Å². The molecule has 1 aromatic rings. The van der Waals surface area contributed by atoms with Gasteiger partial charge in [0.2, 0.25) is 0 Å². The van der Waals surface area contributed by atoms with Gasteiger partial charge in [-0.25, -0.2) is 0 Å². The van der Waals surface area contributed by atoms with Crippen LogP contribution in [0, 0.1) is 5.92 Å². The molecule has 1 fully saturated rings. The Morgan fingerprint density at radius 3 is 2.37 bits per heavy atom. The molecule has 0 bridgehead atoms. The van der Waals surface area contributed by atoms with Crippen molar-refractivity contribution in [2.45, 2.75) is 32.3 Å². The van der Waals surface area contributed by atoms with Crippen LogP contribution in [0.2, 0.25) is 0 Å². The number of benzene rings is 1. The number of methoxy groups -OCH3 is 2. The molecule has 0 unspecified atom stereocenters. The molecule has 1 heterocycles. The highest BCUT2D eigenvalue weighted by Gasteiger charge is 2.26. The summed E-state index contributed by atoms with van der Waals surface area (Å²) in [5.41, 5.74) is 1.13. The standard InChI is InChI=1S/C15H20O4/c1-10-4-11(8-15(16)19-10)5-12-6-13(17-2)9-14(7-12)18-3/h6-7,9-11H,4-5,8H2,1-3H3/t10-,11+/m1/s1. The maximum absolute atomic E-state index is 11.4. The van der Waals surface area contributed by atoms with Gasteiger partial charge in [0.25, 0.3) is 0 Å². The number of hydrogen-bond donors (Lipinski definition) is 0. The second kappa shape index (κ2) is 5.95. The largest absolute Gasteiger partial charge is 0.497 e. The minimum Gasteiger partial charge on any atom is -0.497 e. The van der Waals surface area contributed by atoms with Crippen LogP contribution in [-0.2, 0) is 16.0 Å². The molecule has 2 atom stereocenters. The summed E-state index contributed by atoms with van der Waals surface area (Å²) in [6, 6.07) is 5.83. The fourth-order valence-corrected chi connectivity index (χ4v) is 2.58. The molecular formula is C15H20O4. The van der Waals surface area contributed by atoms with E-state index in [1.807, 2.05) is 25.1 Å². The minimum absolute atomic E-state index is 0.0127. The van der Waals surface area contributed by atoms with Crippen LogP contribution >= 0.6 is 0 Å². The highest BCUT2D eigenvalue weighted by Crippen LogP contribution is 2.28. The van der Waals surface area contributed by atoms with E-state index in [4.69, 9.17) is 14.2 Å². The Morgan fingerprint density at radius 2 is 1.84 bits per heavy atom. The lowest BCUT2D eigenvalue weighted by Gasteiger charge is -2.26. The molecule has 104 valence electrons. The summed E-state index contributed by atoms with van der Waals surface area (Å²) in [6.07, 6.45) is 2.25. The number of cyclic esters (lactones) is 1. The summed E-state index contributed by atoms with van der Waals surface area (Å²) in [6.45, 7) is 1.94. The topological polar surface area (TPSA) is 44.8 Å². The third-order valence-electron chi connectivity index (χ3n) is 3.39. The van der Waals surface area contributed by atoms with Crippen LogP contribution < -0.4 is 9.47 Å². The van der Waals surface area contributed by atoms with Gasteiger partial charge in [-0.3, -0.25) is 4.79 Å². The lowest BCUT2D eigenvalue weighted by atomic mass is 9.89. The van der Waals surface area contributed by atoms with Gasteiger partial charge >= 0.3 is 5.97 Å². The molecule has 1 aliphatic heterocycles. The molecule has 0 spiro atoms. The van der Waals surface area contributed by atoms with E-state index in [2.05, 4.69) is 0 Å². The summed E-state index contributed by atoms with van der Waals surface area (Å²) >= 11 is 0. The summed E-state index contributed by atoms with van der Waals surface area (Å²) in [7, 11) is 3.28. The first kappa shape index (κ1) is 13.7. The number of hydrogen-bond acceptors (Lipinski definition) is 4. The first-order valence-corrected chi connectivity index (χ1v) is 6.52. The zero-order chi connectivity index (χ0) is 13.8. The average molecular weight is 264 g/mol. The quantitative estimate of drug-likeness (QED) is 0.784. The van der Waals surface area contributed by atoms with Crippen molar-refractivity contribution in [1.29, 1.82) is 0 Å². The number of rotatable bonds is 4. The molecule has 0 aliphatic carbocycles. The molecule has 0 N–H and O–H groups in total. The van der Waals surface area contributed by atoms with Crippen molar-refractivity contribution in [3.05, 3.63) is 23.8 Å². The normalized spacial score (nSPS) is 22.8. The molecule has 2 rings (SSSR count). The number of carbonyl (C=O) groups is 1. The Kier molecular flexibility index (Phi) is 4.30. The number of esters is 1. The van der Waals surface area contributed by atoms with Crippen molar-refractivity contribution >= 4 is 5.97 Å². The van der Waals surface area contributed by atoms with Crippen LogP contribution in [0.5, 0.6) is 11.5 Å². The van der Waals surface area contributed by atoms with Gasteiger partial charge < -0.3 is 14.2 Å². The van der Waals surface area contributed by atoms with Gasteiger partial charge in [-0.1, -0.05) is 0 Å². The average Bonchev–Trinajstić information content (AvgIpc) is 2.37.